The van der Waals surface area contributed by atoms with Crippen LogP contribution in [0.1, 0.15) is 13.3 Å². The van der Waals surface area contributed by atoms with Crippen molar-refractivity contribution >= 4 is 22.7 Å². The molecule has 0 saturated carbocycles. The first-order valence-corrected chi connectivity index (χ1v) is 6.16. The number of aromatic nitrogens is 2. The molecule has 0 bridgehead atoms. The van der Waals surface area contributed by atoms with Crippen LogP contribution in [-0.2, 0) is 0 Å². The van der Waals surface area contributed by atoms with Crippen LogP contribution in [0.3, 0.4) is 0 Å². The van der Waals surface area contributed by atoms with Crippen molar-refractivity contribution in [3.8, 4) is 0 Å². The summed E-state index contributed by atoms with van der Waals surface area (Å²) in [4.78, 5) is 8.52. The van der Waals surface area contributed by atoms with Gasteiger partial charge in [-0.1, -0.05) is 25.1 Å². The normalized spacial score (nSPS) is 12.9. The molecule has 4 heteroatoms. The summed E-state index contributed by atoms with van der Waals surface area (Å²) in [6, 6.07) is 7.98. The van der Waals surface area contributed by atoms with Crippen LogP contribution in [0.15, 0.2) is 35.6 Å². The summed E-state index contributed by atoms with van der Waals surface area (Å²) in [6.07, 6.45) is 2.37. The van der Waals surface area contributed by atoms with E-state index in [1.165, 1.54) is 0 Å². The largest absolute Gasteiger partial charge is 0.396 e. The Morgan fingerprint density at radius 2 is 2.12 bits per heavy atom. The Hall–Kier alpha value is -1.13. The van der Waals surface area contributed by atoms with E-state index in [0.717, 1.165) is 22.3 Å². The van der Waals surface area contributed by atoms with Crippen molar-refractivity contribution in [2.45, 2.75) is 23.6 Å². The van der Waals surface area contributed by atoms with Crippen molar-refractivity contribution in [1.29, 1.82) is 0 Å². The van der Waals surface area contributed by atoms with Gasteiger partial charge >= 0.3 is 0 Å². The predicted molar refractivity (Wildman–Crippen MR) is 66.6 cm³/mol. The Morgan fingerprint density at radius 3 is 2.94 bits per heavy atom. The van der Waals surface area contributed by atoms with E-state index in [4.69, 9.17) is 5.11 Å². The van der Waals surface area contributed by atoms with Gasteiger partial charge in [0.05, 0.1) is 5.52 Å². The third kappa shape index (κ3) is 2.51. The topological polar surface area (TPSA) is 46.0 Å². The number of benzene rings is 1. The summed E-state index contributed by atoms with van der Waals surface area (Å²) in [6.45, 7) is 2.31. The van der Waals surface area contributed by atoms with E-state index in [0.29, 0.717) is 5.25 Å². The van der Waals surface area contributed by atoms with E-state index in [9.17, 15) is 0 Å². The summed E-state index contributed by atoms with van der Waals surface area (Å²) >= 11 is 1.69. The Balaban J connectivity index is 2.30. The minimum atomic E-state index is 0.219. The molecule has 1 heterocycles. The van der Waals surface area contributed by atoms with Crippen molar-refractivity contribution in [3.05, 3.63) is 30.6 Å². The van der Waals surface area contributed by atoms with Crippen LogP contribution >= 0.6 is 11.8 Å². The van der Waals surface area contributed by atoms with Gasteiger partial charge in [-0.2, -0.15) is 0 Å². The van der Waals surface area contributed by atoms with Gasteiger partial charge in [0.15, 0.2) is 0 Å². The second-order valence-corrected chi connectivity index (χ2v) is 5.06. The number of hydrogen-bond acceptors (Lipinski definition) is 4. The molecular weight excluding hydrogens is 220 g/mol. The van der Waals surface area contributed by atoms with Gasteiger partial charge in [-0.3, -0.25) is 0 Å². The van der Waals surface area contributed by atoms with Crippen molar-refractivity contribution in [2.75, 3.05) is 6.61 Å². The van der Waals surface area contributed by atoms with Gasteiger partial charge in [0, 0.05) is 17.2 Å². The van der Waals surface area contributed by atoms with Gasteiger partial charge in [-0.05, 0) is 12.5 Å². The van der Waals surface area contributed by atoms with E-state index < -0.39 is 0 Å². The summed E-state index contributed by atoms with van der Waals surface area (Å²) in [5.41, 5.74) is 0.969. The molecule has 0 fully saturated rings. The second kappa shape index (κ2) is 5.27. The highest BCUT2D eigenvalue weighted by atomic mass is 32.2. The molecule has 2 aromatic rings. The number of hydrogen-bond donors (Lipinski definition) is 1. The quantitative estimate of drug-likeness (QED) is 0.652. The average Bonchev–Trinajstić information content (AvgIpc) is 2.30. The molecule has 0 spiro atoms. The van der Waals surface area contributed by atoms with E-state index in [2.05, 4.69) is 16.9 Å². The zero-order valence-corrected chi connectivity index (χ0v) is 9.94. The summed E-state index contributed by atoms with van der Waals surface area (Å²) < 4.78 is 0. The fourth-order valence-corrected chi connectivity index (χ4v) is 2.52. The van der Waals surface area contributed by atoms with Crippen LogP contribution in [0.2, 0.25) is 0 Å². The summed E-state index contributed by atoms with van der Waals surface area (Å²) in [5.74, 6) is 0. The number of rotatable bonds is 4. The second-order valence-electron chi connectivity index (χ2n) is 3.64. The molecular formula is C12H14N2OS. The van der Waals surface area contributed by atoms with Crippen LogP contribution in [-0.4, -0.2) is 26.9 Å². The Labute approximate surface area is 98.9 Å². The highest BCUT2D eigenvalue weighted by Gasteiger charge is 2.08. The van der Waals surface area contributed by atoms with Gasteiger partial charge in [0.2, 0.25) is 0 Å². The highest BCUT2D eigenvalue weighted by molar-refractivity contribution is 8.00. The number of nitrogens with zero attached hydrogens (tertiary/aromatic N) is 2. The lowest BCUT2D eigenvalue weighted by Gasteiger charge is -2.09. The molecule has 0 amide bonds. The molecule has 1 unspecified atom stereocenters. The molecule has 1 aromatic carbocycles. The third-order valence-corrected chi connectivity index (χ3v) is 3.54. The lowest BCUT2D eigenvalue weighted by molar-refractivity contribution is 0.289. The van der Waals surface area contributed by atoms with Crippen molar-refractivity contribution in [1.82, 2.24) is 9.97 Å². The zero-order chi connectivity index (χ0) is 11.4. The molecule has 0 radical (unpaired) electrons. The molecule has 0 aliphatic carbocycles. The summed E-state index contributed by atoms with van der Waals surface area (Å²) in [5, 5.41) is 11.3. The van der Waals surface area contributed by atoms with Crippen molar-refractivity contribution in [3.63, 3.8) is 0 Å². The van der Waals surface area contributed by atoms with Gasteiger partial charge in [0.1, 0.15) is 11.4 Å². The molecule has 1 aromatic heterocycles. The fraction of sp³-hybridized carbons (Fsp3) is 0.333. The molecule has 0 aliphatic rings. The first-order chi connectivity index (χ1) is 7.81. The van der Waals surface area contributed by atoms with E-state index >= 15 is 0 Å². The lowest BCUT2D eigenvalue weighted by Crippen LogP contribution is -2.00. The van der Waals surface area contributed by atoms with Crippen LogP contribution in [0.25, 0.3) is 10.9 Å². The van der Waals surface area contributed by atoms with Crippen LogP contribution in [0, 0.1) is 0 Å². The highest BCUT2D eigenvalue weighted by Crippen LogP contribution is 2.28. The standard InChI is InChI=1S/C12H14N2OS/c1-9(6-7-15)16-12-10-4-2-3-5-11(10)13-8-14-12/h2-5,8-9,15H,6-7H2,1H3. The smallest absolute Gasteiger partial charge is 0.117 e. The number of para-hydroxylation sites is 1. The Bertz CT molecular complexity index is 470. The zero-order valence-electron chi connectivity index (χ0n) is 9.13. The maximum Gasteiger partial charge on any atom is 0.117 e. The molecule has 0 aliphatic heterocycles. The van der Waals surface area contributed by atoms with E-state index in [1.807, 2.05) is 24.3 Å². The monoisotopic (exact) mass is 234 g/mol. The van der Waals surface area contributed by atoms with E-state index in [1.54, 1.807) is 18.1 Å². The molecule has 2 rings (SSSR count). The Morgan fingerprint density at radius 1 is 1.31 bits per heavy atom. The van der Waals surface area contributed by atoms with E-state index in [-0.39, 0.29) is 6.61 Å². The van der Waals surface area contributed by atoms with Crippen molar-refractivity contribution in [2.24, 2.45) is 0 Å². The lowest BCUT2D eigenvalue weighted by atomic mass is 10.2. The third-order valence-electron chi connectivity index (χ3n) is 2.35. The first kappa shape index (κ1) is 11.4. The number of aliphatic hydroxyl groups excluding tert-OH is 1. The van der Waals surface area contributed by atoms with Crippen LogP contribution < -0.4 is 0 Å². The molecule has 0 saturated heterocycles. The van der Waals surface area contributed by atoms with Gasteiger partial charge in [-0.15, -0.1) is 11.8 Å². The van der Waals surface area contributed by atoms with Crippen LogP contribution in [0.4, 0.5) is 0 Å². The van der Waals surface area contributed by atoms with Crippen LogP contribution in [0.5, 0.6) is 0 Å². The molecule has 1 atom stereocenters. The van der Waals surface area contributed by atoms with Crippen molar-refractivity contribution < 1.29 is 5.11 Å². The fourth-order valence-electron chi connectivity index (χ4n) is 1.51. The minimum Gasteiger partial charge on any atom is -0.396 e. The maximum atomic E-state index is 8.88. The molecule has 3 nitrogen and oxygen atoms in total. The summed E-state index contributed by atoms with van der Waals surface area (Å²) in [7, 11) is 0. The molecule has 16 heavy (non-hydrogen) atoms. The number of thioether (sulfide) groups is 1. The number of fused-ring (bicyclic) bond motifs is 1. The SMILES string of the molecule is CC(CCO)Sc1ncnc2ccccc12. The van der Waals surface area contributed by atoms with Gasteiger partial charge < -0.3 is 5.11 Å². The number of aliphatic hydroxyl groups is 1. The van der Waals surface area contributed by atoms with Gasteiger partial charge in [-0.25, -0.2) is 9.97 Å². The van der Waals surface area contributed by atoms with Gasteiger partial charge in [0.25, 0.3) is 0 Å². The molecule has 84 valence electrons. The maximum absolute atomic E-state index is 8.88. The minimum absolute atomic E-state index is 0.219. The Kier molecular flexibility index (Phi) is 3.74. The predicted octanol–water partition coefficient (Wildman–Crippen LogP) is 2.49. The molecule has 1 N–H and O–H groups in total. The first-order valence-electron chi connectivity index (χ1n) is 5.28. The average molecular weight is 234 g/mol.